The number of rotatable bonds is 6. The van der Waals surface area contributed by atoms with E-state index in [1.165, 1.54) is 6.92 Å². The molecule has 0 aliphatic heterocycles. The number of methoxy groups -OCH3 is 1. The smallest absolute Gasteiger partial charge is 0.229 e. The molecule has 1 aliphatic carbocycles. The fourth-order valence-corrected chi connectivity index (χ4v) is 3.28. The normalized spacial score (nSPS) is 17.8. The van der Waals surface area contributed by atoms with Crippen LogP contribution in [0.3, 0.4) is 0 Å². The number of para-hydroxylation sites is 2. The molecule has 1 amide bonds. The van der Waals surface area contributed by atoms with Crippen LogP contribution < -0.4 is 20.7 Å². The summed E-state index contributed by atoms with van der Waals surface area (Å²) < 4.78 is 5.35. The Bertz CT molecular complexity index is 871. The number of hydrogen-bond acceptors (Lipinski definition) is 6. The molecule has 1 saturated carbocycles. The van der Waals surface area contributed by atoms with Crippen molar-refractivity contribution in [1.29, 1.82) is 0 Å². The van der Waals surface area contributed by atoms with E-state index in [0.29, 0.717) is 22.5 Å². The van der Waals surface area contributed by atoms with Crippen LogP contribution in [0.15, 0.2) is 42.2 Å². The molecule has 7 nitrogen and oxygen atoms in total. The zero-order valence-corrected chi connectivity index (χ0v) is 16.7. The molecule has 0 radical (unpaired) electrons. The Labute approximate surface area is 169 Å². The first-order valence-electron chi connectivity index (χ1n) is 9.22. The number of nitrogens with one attached hydrogen (secondary N) is 3. The molecule has 1 unspecified atom stereocenters. The van der Waals surface area contributed by atoms with Gasteiger partial charge >= 0.3 is 0 Å². The lowest BCUT2D eigenvalue weighted by Gasteiger charge is -2.27. The van der Waals surface area contributed by atoms with E-state index in [9.17, 15) is 4.79 Å². The third-order valence-electron chi connectivity index (χ3n) is 4.53. The minimum atomic E-state index is -0.0832. The summed E-state index contributed by atoms with van der Waals surface area (Å²) in [4.78, 5) is 20.0. The van der Waals surface area contributed by atoms with Gasteiger partial charge in [-0.2, -0.15) is 4.98 Å². The molecule has 1 aromatic carbocycles. The zero-order valence-electron chi connectivity index (χ0n) is 16.0. The van der Waals surface area contributed by atoms with Crippen LogP contribution >= 0.6 is 11.6 Å². The summed E-state index contributed by atoms with van der Waals surface area (Å²) in [6, 6.07) is 7.61. The van der Waals surface area contributed by atoms with Crippen molar-refractivity contribution >= 4 is 35.0 Å². The van der Waals surface area contributed by atoms with Gasteiger partial charge < -0.3 is 20.7 Å². The van der Waals surface area contributed by atoms with Crippen LogP contribution in [0.2, 0.25) is 5.02 Å². The Hall–Kier alpha value is -2.80. The molecule has 1 heterocycles. The average Bonchev–Trinajstić information content (AvgIpc) is 2.70. The maximum absolute atomic E-state index is 11.2. The SMILES string of the molecule is COc1ccccc1Nc1ncc(Cl)c(NC2CCCC/C2=C\NC(C)=O)n1. The summed E-state index contributed by atoms with van der Waals surface area (Å²) in [5.41, 5.74) is 1.90. The zero-order chi connectivity index (χ0) is 19.9. The van der Waals surface area contributed by atoms with Gasteiger partial charge in [0.05, 0.1) is 25.0 Å². The second kappa shape index (κ2) is 9.41. The lowest BCUT2D eigenvalue weighted by atomic mass is 9.90. The van der Waals surface area contributed by atoms with Crippen LogP contribution in [0.25, 0.3) is 0 Å². The second-order valence-electron chi connectivity index (χ2n) is 6.58. The van der Waals surface area contributed by atoms with E-state index in [1.807, 2.05) is 24.3 Å². The highest BCUT2D eigenvalue weighted by Gasteiger charge is 2.21. The lowest BCUT2D eigenvalue weighted by Crippen LogP contribution is -2.28. The van der Waals surface area contributed by atoms with Crippen molar-refractivity contribution in [2.45, 2.75) is 38.6 Å². The van der Waals surface area contributed by atoms with Crippen LogP contribution in [0.1, 0.15) is 32.6 Å². The van der Waals surface area contributed by atoms with Gasteiger partial charge in [-0.25, -0.2) is 4.98 Å². The van der Waals surface area contributed by atoms with E-state index in [1.54, 1.807) is 19.5 Å². The summed E-state index contributed by atoms with van der Waals surface area (Å²) in [7, 11) is 1.61. The molecule has 2 aromatic rings. The molecular weight excluding hydrogens is 378 g/mol. The summed E-state index contributed by atoms with van der Waals surface area (Å²) in [6.45, 7) is 1.50. The maximum atomic E-state index is 11.2. The number of amides is 1. The van der Waals surface area contributed by atoms with Gasteiger partial charge in [0.15, 0.2) is 5.82 Å². The molecule has 0 spiro atoms. The predicted octanol–water partition coefficient (Wildman–Crippen LogP) is 4.26. The topological polar surface area (TPSA) is 88.2 Å². The predicted molar refractivity (Wildman–Crippen MR) is 111 cm³/mol. The maximum Gasteiger partial charge on any atom is 0.229 e. The number of ether oxygens (including phenoxy) is 1. The fraction of sp³-hybridized carbons (Fsp3) is 0.350. The molecule has 0 saturated heterocycles. The number of hydrogen-bond donors (Lipinski definition) is 3. The van der Waals surface area contributed by atoms with Gasteiger partial charge in [0.2, 0.25) is 11.9 Å². The molecule has 3 rings (SSSR count). The van der Waals surface area contributed by atoms with E-state index in [0.717, 1.165) is 36.9 Å². The monoisotopic (exact) mass is 401 g/mol. The molecule has 148 valence electrons. The molecule has 1 aromatic heterocycles. The Kier molecular flexibility index (Phi) is 6.71. The van der Waals surface area contributed by atoms with Crippen molar-refractivity contribution in [3.8, 4) is 5.75 Å². The van der Waals surface area contributed by atoms with E-state index in [2.05, 4.69) is 25.9 Å². The quantitative estimate of drug-likeness (QED) is 0.670. The van der Waals surface area contributed by atoms with Gasteiger partial charge in [-0.1, -0.05) is 30.2 Å². The van der Waals surface area contributed by atoms with Crippen molar-refractivity contribution in [3.05, 3.63) is 47.3 Å². The number of nitrogens with zero attached hydrogens (tertiary/aromatic N) is 2. The summed E-state index contributed by atoms with van der Waals surface area (Å²) in [5, 5.41) is 9.78. The number of carbonyl (C=O) groups excluding carboxylic acids is 1. The Morgan fingerprint density at radius 3 is 2.93 bits per heavy atom. The summed E-state index contributed by atoms with van der Waals surface area (Å²) in [5.74, 6) is 1.58. The van der Waals surface area contributed by atoms with Crippen molar-refractivity contribution < 1.29 is 9.53 Å². The largest absolute Gasteiger partial charge is 0.495 e. The first-order valence-corrected chi connectivity index (χ1v) is 9.59. The van der Waals surface area contributed by atoms with Crippen LogP contribution in [0.4, 0.5) is 17.5 Å². The molecule has 3 N–H and O–H groups in total. The van der Waals surface area contributed by atoms with Crippen molar-refractivity contribution in [2.75, 3.05) is 17.7 Å². The first kappa shape index (κ1) is 19.9. The second-order valence-corrected chi connectivity index (χ2v) is 6.99. The van der Waals surface area contributed by atoms with Crippen LogP contribution in [-0.2, 0) is 4.79 Å². The fourth-order valence-electron chi connectivity index (χ4n) is 3.13. The minimum Gasteiger partial charge on any atom is -0.495 e. The summed E-state index contributed by atoms with van der Waals surface area (Å²) >= 11 is 6.32. The first-order chi connectivity index (χ1) is 13.6. The third-order valence-corrected chi connectivity index (χ3v) is 4.80. The lowest BCUT2D eigenvalue weighted by molar-refractivity contribution is -0.118. The summed E-state index contributed by atoms with van der Waals surface area (Å²) in [6.07, 6.45) is 7.43. The molecule has 1 aliphatic rings. The van der Waals surface area contributed by atoms with Crippen LogP contribution in [0.5, 0.6) is 5.75 Å². The van der Waals surface area contributed by atoms with E-state index < -0.39 is 0 Å². The molecule has 1 fully saturated rings. The van der Waals surface area contributed by atoms with Gasteiger partial charge in [0, 0.05) is 13.1 Å². The molecule has 1 atom stereocenters. The van der Waals surface area contributed by atoms with Crippen LogP contribution in [-0.4, -0.2) is 29.0 Å². The average molecular weight is 402 g/mol. The van der Waals surface area contributed by atoms with Crippen molar-refractivity contribution in [1.82, 2.24) is 15.3 Å². The minimum absolute atomic E-state index is 0.0621. The molecule has 28 heavy (non-hydrogen) atoms. The van der Waals surface area contributed by atoms with Gasteiger partial charge in [-0.05, 0) is 37.0 Å². The standard InChI is InChI=1S/C20H24ClN5O2/c1-13(27)22-11-14-7-3-4-8-16(14)24-19-15(21)12-23-20(26-19)25-17-9-5-6-10-18(17)28-2/h5-6,9-12,16H,3-4,7-8H2,1-2H3,(H,22,27)(H2,23,24,25,26)/b14-11+. The molecule has 0 bridgehead atoms. The molecule has 8 heteroatoms. The van der Waals surface area contributed by atoms with E-state index in [-0.39, 0.29) is 11.9 Å². The Morgan fingerprint density at radius 1 is 1.32 bits per heavy atom. The van der Waals surface area contributed by atoms with Crippen molar-refractivity contribution in [3.63, 3.8) is 0 Å². The Morgan fingerprint density at radius 2 is 2.14 bits per heavy atom. The highest BCUT2D eigenvalue weighted by atomic mass is 35.5. The van der Waals surface area contributed by atoms with Gasteiger partial charge in [-0.3, -0.25) is 4.79 Å². The third kappa shape index (κ3) is 5.13. The number of anilines is 3. The van der Waals surface area contributed by atoms with Gasteiger partial charge in [0.1, 0.15) is 10.8 Å². The van der Waals surface area contributed by atoms with Gasteiger partial charge in [-0.15, -0.1) is 0 Å². The number of halogens is 1. The van der Waals surface area contributed by atoms with Gasteiger partial charge in [0.25, 0.3) is 0 Å². The van der Waals surface area contributed by atoms with E-state index in [4.69, 9.17) is 16.3 Å². The Balaban J connectivity index is 1.79. The van der Waals surface area contributed by atoms with Crippen molar-refractivity contribution in [2.24, 2.45) is 0 Å². The highest BCUT2D eigenvalue weighted by Crippen LogP contribution is 2.30. The molecular formula is C20H24ClN5O2. The number of benzene rings is 1. The number of aromatic nitrogens is 2. The van der Waals surface area contributed by atoms with Crippen LogP contribution in [0, 0.1) is 0 Å². The number of carbonyl (C=O) groups is 1. The van der Waals surface area contributed by atoms with E-state index >= 15 is 0 Å². The highest BCUT2D eigenvalue weighted by molar-refractivity contribution is 6.32.